The van der Waals surface area contributed by atoms with E-state index in [0.29, 0.717) is 28.3 Å². The van der Waals surface area contributed by atoms with Crippen molar-refractivity contribution in [1.82, 2.24) is 5.43 Å². The monoisotopic (exact) mass is 298 g/mol. The van der Waals surface area contributed by atoms with Gasteiger partial charge in [-0.15, -0.1) is 0 Å². The number of hydrogen-bond donors (Lipinski definition) is 2. The lowest BCUT2D eigenvalue weighted by molar-refractivity contribution is 0.160. The first-order valence-electron chi connectivity index (χ1n) is 7.32. The maximum Gasteiger partial charge on any atom is 0.127 e. The number of hydrazine groups is 1. The van der Waals surface area contributed by atoms with Crippen molar-refractivity contribution >= 4 is 11.6 Å². The second-order valence-corrected chi connectivity index (χ2v) is 7.09. The molecule has 3 N–H and O–H groups in total. The molecule has 0 saturated heterocycles. The molecule has 0 bridgehead atoms. The first kappa shape index (κ1) is 15.7. The lowest BCUT2D eigenvalue weighted by Gasteiger charge is -2.38. The van der Waals surface area contributed by atoms with Crippen LogP contribution in [0.2, 0.25) is 5.02 Å². The van der Waals surface area contributed by atoms with Gasteiger partial charge < -0.3 is 0 Å². The van der Waals surface area contributed by atoms with Crippen molar-refractivity contribution in [2.24, 2.45) is 17.2 Å². The van der Waals surface area contributed by atoms with Gasteiger partial charge in [-0.05, 0) is 55.6 Å². The Morgan fingerprint density at radius 3 is 2.60 bits per heavy atom. The third kappa shape index (κ3) is 3.72. The largest absolute Gasteiger partial charge is 0.271 e. The first-order chi connectivity index (χ1) is 9.43. The molecule has 0 spiro atoms. The molecule has 20 heavy (non-hydrogen) atoms. The van der Waals surface area contributed by atoms with Crippen LogP contribution < -0.4 is 11.3 Å². The quantitative estimate of drug-likeness (QED) is 0.649. The molecule has 1 aromatic carbocycles. The summed E-state index contributed by atoms with van der Waals surface area (Å²) in [6.45, 7) is 4.61. The van der Waals surface area contributed by atoms with E-state index in [1.165, 1.54) is 18.9 Å². The highest BCUT2D eigenvalue weighted by Crippen LogP contribution is 2.39. The summed E-state index contributed by atoms with van der Waals surface area (Å²) in [5.41, 5.74) is 3.87. The Hall–Kier alpha value is -0.640. The summed E-state index contributed by atoms with van der Waals surface area (Å²) in [5, 5.41) is 0.487. The Labute approximate surface area is 125 Å². The lowest BCUT2D eigenvalue weighted by Crippen LogP contribution is -2.44. The summed E-state index contributed by atoms with van der Waals surface area (Å²) in [4.78, 5) is 0. The summed E-state index contributed by atoms with van der Waals surface area (Å²) in [7, 11) is 0. The van der Waals surface area contributed by atoms with Gasteiger partial charge in [0.2, 0.25) is 0 Å². The topological polar surface area (TPSA) is 38.0 Å². The molecule has 0 heterocycles. The summed E-state index contributed by atoms with van der Waals surface area (Å²) < 4.78 is 13.9. The van der Waals surface area contributed by atoms with E-state index >= 15 is 0 Å². The van der Waals surface area contributed by atoms with Crippen molar-refractivity contribution < 1.29 is 4.39 Å². The minimum Gasteiger partial charge on any atom is -0.271 e. The fourth-order valence-corrected chi connectivity index (χ4v) is 3.37. The van der Waals surface area contributed by atoms with Crippen molar-refractivity contribution in [2.75, 3.05) is 0 Å². The molecule has 1 aliphatic rings. The Morgan fingerprint density at radius 1 is 1.40 bits per heavy atom. The van der Waals surface area contributed by atoms with Crippen LogP contribution in [-0.2, 0) is 6.42 Å². The third-order valence-electron chi connectivity index (χ3n) is 4.65. The maximum absolute atomic E-state index is 13.9. The van der Waals surface area contributed by atoms with E-state index in [4.69, 9.17) is 17.4 Å². The van der Waals surface area contributed by atoms with Gasteiger partial charge in [-0.3, -0.25) is 11.3 Å². The molecule has 0 aromatic heterocycles. The molecule has 1 fully saturated rings. The van der Waals surface area contributed by atoms with E-state index in [-0.39, 0.29) is 11.9 Å². The summed E-state index contributed by atoms with van der Waals surface area (Å²) in [6, 6.07) is 4.91. The van der Waals surface area contributed by atoms with E-state index in [2.05, 4.69) is 19.3 Å². The van der Waals surface area contributed by atoms with Crippen molar-refractivity contribution in [3.8, 4) is 0 Å². The molecule has 1 unspecified atom stereocenters. The van der Waals surface area contributed by atoms with Crippen LogP contribution in [0.25, 0.3) is 0 Å². The molecule has 1 aromatic rings. The average Bonchev–Trinajstić information content (AvgIpc) is 2.39. The minimum atomic E-state index is -0.242. The maximum atomic E-state index is 13.9. The molecular formula is C16H24ClFN2. The summed E-state index contributed by atoms with van der Waals surface area (Å²) in [5.74, 6) is 5.95. The smallest absolute Gasteiger partial charge is 0.127 e. The van der Waals surface area contributed by atoms with Gasteiger partial charge in [0.05, 0.1) is 0 Å². The molecule has 0 aliphatic heterocycles. The van der Waals surface area contributed by atoms with Crippen molar-refractivity contribution in [3.63, 3.8) is 0 Å². The van der Waals surface area contributed by atoms with Crippen molar-refractivity contribution in [1.29, 1.82) is 0 Å². The zero-order valence-electron chi connectivity index (χ0n) is 12.3. The van der Waals surface area contributed by atoms with Gasteiger partial charge >= 0.3 is 0 Å². The van der Waals surface area contributed by atoms with Gasteiger partial charge in [-0.1, -0.05) is 31.5 Å². The molecule has 1 aliphatic carbocycles. The van der Waals surface area contributed by atoms with Gasteiger partial charge in [0.1, 0.15) is 5.82 Å². The minimum absolute atomic E-state index is 0.0838. The predicted octanol–water partition coefficient (Wildman–Crippen LogP) is 4.07. The number of benzene rings is 1. The molecular weight excluding hydrogens is 275 g/mol. The second-order valence-electron chi connectivity index (χ2n) is 6.68. The Morgan fingerprint density at radius 2 is 2.05 bits per heavy atom. The van der Waals surface area contributed by atoms with Gasteiger partial charge in [0, 0.05) is 16.6 Å². The van der Waals surface area contributed by atoms with Crippen LogP contribution in [0.3, 0.4) is 0 Å². The fourth-order valence-electron chi connectivity index (χ4n) is 3.13. The van der Waals surface area contributed by atoms with Gasteiger partial charge in [0.15, 0.2) is 0 Å². The highest BCUT2D eigenvalue weighted by atomic mass is 35.5. The normalized spacial score (nSPS) is 20.9. The number of hydrogen-bond acceptors (Lipinski definition) is 2. The van der Waals surface area contributed by atoms with Crippen molar-refractivity contribution in [2.45, 2.75) is 52.0 Å². The third-order valence-corrected chi connectivity index (χ3v) is 5.01. The van der Waals surface area contributed by atoms with E-state index in [9.17, 15) is 4.39 Å². The Balaban J connectivity index is 2.06. The van der Waals surface area contributed by atoms with Gasteiger partial charge in [0.25, 0.3) is 0 Å². The molecule has 2 nitrogen and oxygen atoms in total. The lowest BCUT2D eigenvalue weighted by atomic mass is 9.70. The van der Waals surface area contributed by atoms with Crippen LogP contribution in [0, 0.1) is 17.2 Å². The highest BCUT2D eigenvalue weighted by molar-refractivity contribution is 6.31. The zero-order valence-corrected chi connectivity index (χ0v) is 13.0. The summed E-state index contributed by atoms with van der Waals surface area (Å²) in [6.07, 6.45) is 5.21. The number of nitrogens with one attached hydrogen (secondary N) is 1. The highest BCUT2D eigenvalue weighted by Gasteiger charge is 2.31. The van der Waals surface area contributed by atoms with E-state index in [0.717, 1.165) is 12.8 Å². The van der Waals surface area contributed by atoms with Crippen LogP contribution in [0.1, 0.15) is 45.1 Å². The molecule has 1 atom stereocenters. The number of rotatable bonds is 4. The van der Waals surface area contributed by atoms with Crippen molar-refractivity contribution in [3.05, 3.63) is 34.6 Å². The fraction of sp³-hybridized carbons (Fsp3) is 0.625. The van der Waals surface area contributed by atoms with E-state index in [1.807, 2.05) is 0 Å². The van der Waals surface area contributed by atoms with Gasteiger partial charge in [-0.2, -0.15) is 0 Å². The zero-order chi connectivity index (χ0) is 14.8. The standard InChI is InChI=1S/C16H24ClFN2/c1-16(2)8-6-11(7-9-16)15(20-19)10-12-13(17)4-3-5-14(12)18/h3-5,11,15,20H,6-10,19H2,1-2H3. The van der Waals surface area contributed by atoms with E-state index < -0.39 is 0 Å². The van der Waals surface area contributed by atoms with Crippen LogP contribution in [0.5, 0.6) is 0 Å². The molecule has 112 valence electrons. The summed E-state index contributed by atoms with van der Waals surface area (Å²) >= 11 is 6.11. The Bertz CT molecular complexity index is 432. The van der Waals surface area contributed by atoms with E-state index in [1.54, 1.807) is 12.1 Å². The average molecular weight is 299 g/mol. The van der Waals surface area contributed by atoms with Crippen LogP contribution >= 0.6 is 11.6 Å². The SMILES string of the molecule is CC1(C)CCC(C(Cc2c(F)cccc2Cl)NN)CC1. The van der Waals surface area contributed by atoms with Gasteiger partial charge in [-0.25, -0.2) is 4.39 Å². The van der Waals surface area contributed by atoms with Crippen LogP contribution in [0.4, 0.5) is 4.39 Å². The van der Waals surface area contributed by atoms with Crippen LogP contribution in [-0.4, -0.2) is 6.04 Å². The first-order valence-corrected chi connectivity index (χ1v) is 7.70. The number of nitrogens with two attached hydrogens (primary N) is 1. The molecule has 4 heteroatoms. The number of halogens is 2. The molecule has 1 saturated carbocycles. The van der Waals surface area contributed by atoms with Crippen LogP contribution in [0.15, 0.2) is 18.2 Å². The Kier molecular flexibility index (Phi) is 5.05. The molecule has 2 rings (SSSR count). The molecule has 0 amide bonds. The second kappa shape index (κ2) is 6.42. The molecule has 0 radical (unpaired) electrons. The predicted molar refractivity (Wildman–Crippen MR) is 82.0 cm³/mol.